The van der Waals surface area contributed by atoms with E-state index in [-0.39, 0.29) is 12.0 Å². The van der Waals surface area contributed by atoms with Crippen LogP contribution >= 0.6 is 0 Å². The standard InChI is InChI=1S/C11H20N2O/c1-9(8-12)10(2)13-11-4-3-6-14-7-5-11/h9-11,13H,3-7H2,1-2H3. The van der Waals surface area contributed by atoms with Gasteiger partial charge in [-0.3, -0.25) is 0 Å². The number of rotatable bonds is 3. The van der Waals surface area contributed by atoms with E-state index in [4.69, 9.17) is 10.00 Å². The third-order valence-electron chi connectivity index (χ3n) is 2.90. The highest BCUT2D eigenvalue weighted by atomic mass is 16.5. The Morgan fingerprint density at radius 3 is 2.86 bits per heavy atom. The molecule has 1 fully saturated rings. The van der Waals surface area contributed by atoms with E-state index in [0.717, 1.165) is 26.1 Å². The van der Waals surface area contributed by atoms with E-state index in [1.807, 2.05) is 6.92 Å². The van der Waals surface area contributed by atoms with Crippen LogP contribution in [0.15, 0.2) is 0 Å². The van der Waals surface area contributed by atoms with Crippen LogP contribution in [0.3, 0.4) is 0 Å². The third kappa shape index (κ3) is 3.65. The number of nitrogens with one attached hydrogen (secondary N) is 1. The maximum absolute atomic E-state index is 8.78. The molecule has 0 saturated carbocycles. The van der Waals surface area contributed by atoms with Crippen LogP contribution in [-0.2, 0) is 4.74 Å². The molecule has 14 heavy (non-hydrogen) atoms. The van der Waals surface area contributed by atoms with Crippen LogP contribution in [0.2, 0.25) is 0 Å². The molecule has 1 aliphatic rings. The van der Waals surface area contributed by atoms with Crippen molar-refractivity contribution >= 4 is 0 Å². The number of nitrogens with zero attached hydrogens (tertiary/aromatic N) is 1. The lowest BCUT2D eigenvalue weighted by Crippen LogP contribution is -2.40. The maximum Gasteiger partial charge on any atom is 0.0669 e. The topological polar surface area (TPSA) is 45.0 Å². The molecule has 0 radical (unpaired) electrons. The number of nitriles is 1. The van der Waals surface area contributed by atoms with E-state index < -0.39 is 0 Å². The second-order valence-corrected chi connectivity index (χ2v) is 4.11. The van der Waals surface area contributed by atoms with E-state index in [1.165, 1.54) is 6.42 Å². The minimum absolute atomic E-state index is 0.0826. The Bertz CT molecular complexity index is 192. The summed E-state index contributed by atoms with van der Waals surface area (Å²) in [5.41, 5.74) is 0. The van der Waals surface area contributed by atoms with Crippen molar-refractivity contribution in [2.45, 2.75) is 45.2 Å². The fourth-order valence-electron chi connectivity index (χ4n) is 1.70. The molecule has 0 bridgehead atoms. The molecule has 3 unspecified atom stereocenters. The van der Waals surface area contributed by atoms with Crippen molar-refractivity contribution in [3.63, 3.8) is 0 Å². The molecular weight excluding hydrogens is 176 g/mol. The lowest BCUT2D eigenvalue weighted by molar-refractivity contribution is 0.142. The summed E-state index contributed by atoms with van der Waals surface area (Å²) in [5.74, 6) is 0.0826. The quantitative estimate of drug-likeness (QED) is 0.747. The lowest BCUT2D eigenvalue weighted by Gasteiger charge is -2.22. The predicted molar refractivity (Wildman–Crippen MR) is 55.8 cm³/mol. The van der Waals surface area contributed by atoms with Gasteiger partial charge in [0.15, 0.2) is 0 Å². The molecule has 1 saturated heterocycles. The summed E-state index contributed by atoms with van der Waals surface area (Å²) in [6.45, 7) is 5.79. The third-order valence-corrected chi connectivity index (χ3v) is 2.90. The predicted octanol–water partition coefficient (Wildman–Crippen LogP) is 1.69. The first-order valence-corrected chi connectivity index (χ1v) is 5.47. The summed E-state index contributed by atoms with van der Waals surface area (Å²) in [7, 11) is 0. The molecule has 0 amide bonds. The van der Waals surface area contributed by atoms with Gasteiger partial charge >= 0.3 is 0 Å². The largest absolute Gasteiger partial charge is 0.381 e. The molecule has 1 N–H and O–H groups in total. The fraction of sp³-hybridized carbons (Fsp3) is 0.909. The molecule has 1 rings (SSSR count). The van der Waals surface area contributed by atoms with E-state index in [1.54, 1.807) is 0 Å². The molecular formula is C11H20N2O. The SMILES string of the molecule is CC(C#N)C(C)NC1CCCOCC1. The summed E-state index contributed by atoms with van der Waals surface area (Å²) in [5, 5.41) is 12.3. The van der Waals surface area contributed by atoms with E-state index in [0.29, 0.717) is 6.04 Å². The first kappa shape index (κ1) is 11.5. The Hall–Kier alpha value is -0.590. The lowest BCUT2D eigenvalue weighted by atomic mass is 10.0. The Kier molecular flexibility index (Phi) is 4.92. The zero-order valence-corrected chi connectivity index (χ0v) is 9.12. The Labute approximate surface area is 86.4 Å². The van der Waals surface area contributed by atoms with Crippen molar-refractivity contribution in [1.29, 1.82) is 5.26 Å². The number of ether oxygens (including phenoxy) is 1. The molecule has 3 heteroatoms. The van der Waals surface area contributed by atoms with Crippen molar-refractivity contribution in [3.8, 4) is 6.07 Å². The van der Waals surface area contributed by atoms with Crippen LogP contribution < -0.4 is 5.32 Å². The molecule has 80 valence electrons. The van der Waals surface area contributed by atoms with Gasteiger partial charge < -0.3 is 10.1 Å². The van der Waals surface area contributed by atoms with Gasteiger partial charge in [0.25, 0.3) is 0 Å². The average molecular weight is 196 g/mol. The van der Waals surface area contributed by atoms with Crippen LogP contribution in [0.25, 0.3) is 0 Å². The minimum Gasteiger partial charge on any atom is -0.381 e. The van der Waals surface area contributed by atoms with Gasteiger partial charge in [-0.15, -0.1) is 0 Å². The first-order chi connectivity index (χ1) is 6.74. The molecule has 1 aliphatic heterocycles. The van der Waals surface area contributed by atoms with Crippen molar-refractivity contribution < 1.29 is 4.74 Å². The Balaban J connectivity index is 2.31. The minimum atomic E-state index is 0.0826. The second kappa shape index (κ2) is 6.00. The normalized spacial score (nSPS) is 27.4. The van der Waals surface area contributed by atoms with Gasteiger partial charge in [-0.2, -0.15) is 5.26 Å². The summed E-state index contributed by atoms with van der Waals surface area (Å²) in [4.78, 5) is 0. The molecule has 0 spiro atoms. The van der Waals surface area contributed by atoms with Crippen molar-refractivity contribution in [3.05, 3.63) is 0 Å². The number of hydrogen-bond acceptors (Lipinski definition) is 3. The van der Waals surface area contributed by atoms with Crippen LogP contribution in [0.4, 0.5) is 0 Å². The van der Waals surface area contributed by atoms with E-state index >= 15 is 0 Å². The van der Waals surface area contributed by atoms with Crippen LogP contribution in [0.1, 0.15) is 33.1 Å². The fourth-order valence-corrected chi connectivity index (χ4v) is 1.70. The van der Waals surface area contributed by atoms with Crippen molar-refractivity contribution in [2.75, 3.05) is 13.2 Å². The Morgan fingerprint density at radius 1 is 1.36 bits per heavy atom. The summed E-state index contributed by atoms with van der Waals surface area (Å²) in [6.07, 6.45) is 3.37. The Morgan fingerprint density at radius 2 is 2.14 bits per heavy atom. The van der Waals surface area contributed by atoms with Crippen LogP contribution in [0, 0.1) is 17.2 Å². The van der Waals surface area contributed by atoms with Gasteiger partial charge in [-0.1, -0.05) is 0 Å². The summed E-state index contributed by atoms with van der Waals surface area (Å²) >= 11 is 0. The highest BCUT2D eigenvalue weighted by Crippen LogP contribution is 2.11. The van der Waals surface area contributed by atoms with Gasteiger partial charge in [0.2, 0.25) is 0 Å². The first-order valence-electron chi connectivity index (χ1n) is 5.47. The average Bonchev–Trinajstić information content (AvgIpc) is 2.45. The van der Waals surface area contributed by atoms with E-state index in [9.17, 15) is 0 Å². The van der Waals surface area contributed by atoms with Crippen molar-refractivity contribution in [2.24, 2.45) is 5.92 Å². The van der Waals surface area contributed by atoms with Gasteiger partial charge in [-0.05, 0) is 33.1 Å². The van der Waals surface area contributed by atoms with Crippen molar-refractivity contribution in [1.82, 2.24) is 5.32 Å². The molecule has 0 aromatic rings. The molecule has 1 heterocycles. The smallest absolute Gasteiger partial charge is 0.0669 e. The molecule has 0 aromatic carbocycles. The molecule has 3 atom stereocenters. The van der Waals surface area contributed by atoms with Gasteiger partial charge in [-0.25, -0.2) is 0 Å². The molecule has 3 nitrogen and oxygen atoms in total. The van der Waals surface area contributed by atoms with Gasteiger partial charge in [0.05, 0.1) is 12.0 Å². The van der Waals surface area contributed by atoms with Gasteiger partial charge in [0.1, 0.15) is 0 Å². The second-order valence-electron chi connectivity index (χ2n) is 4.11. The number of hydrogen-bond donors (Lipinski definition) is 1. The summed E-state index contributed by atoms with van der Waals surface area (Å²) in [6, 6.07) is 3.09. The highest BCUT2D eigenvalue weighted by Gasteiger charge is 2.17. The van der Waals surface area contributed by atoms with Crippen LogP contribution in [0.5, 0.6) is 0 Å². The maximum atomic E-state index is 8.78. The highest BCUT2D eigenvalue weighted by molar-refractivity contribution is 4.88. The monoisotopic (exact) mass is 196 g/mol. The summed E-state index contributed by atoms with van der Waals surface area (Å²) < 4.78 is 5.39. The van der Waals surface area contributed by atoms with E-state index in [2.05, 4.69) is 18.3 Å². The van der Waals surface area contributed by atoms with Crippen LogP contribution in [-0.4, -0.2) is 25.3 Å². The zero-order valence-electron chi connectivity index (χ0n) is 9.12. The zero-order chi connectivity index (χ0) is 10.4. The molecule has 0 aromatic heterocycles. The van der Waals surface area contributed by atoms with Gasteiger partial charge in [0, 0.05) is 25.3 Å². The molecule has 0 aliphatic carbocycles.